The summed E-state index contributed by atoms with van der Waals surface area (Å²) >= 11 is 1.74. The van der Waals surface area contributed by atoms with Crippen molar-refractivity contribution in [3.05, 3.63) is 52.7 Å². The second-order valence-corrected chi connectivity index (χ2v) is 5.41. The summed E-state index contributed by atoms with van der Waals surface area (Å²) in [5, 5.41) is 7.67. The van der Waals surface area contributed by atoms with Crippen molar-refractivity contribution >= 4 is 21.4 Å². The van der Waals surface area contributed by atoms with E-state index >= 15 is 0 Å². The van der Waals surface area contributed by atoms with Crippen LogP contribution in [0.2, 0.25) is 0 Å². The Morgan fingerprint density at radius 2 is 2.11 bits per heavy atom. The molecule has 0 aliphatic heterocycles. The minimum Gasteiger partial charge on any atom is -0.319 e. The van der Waals surface area contributed by atoms with E-state index in [9.17, 15) is 0 Å². The second-order valence-electron chi connectivity index (χ2n) is 4.50. The molecular formula is C14H15N3S. The molecule has 0 aliphatic carbocycles. The van der Waals surface area contributed by atoms with Gasteiger partial charge in [0.2, 0.25) is 0 Å². The van der Waals surface area contributed by atoms with Gasteiger partial charge in [-0.15, -0.1) is 11.3 Å². The molecule has 3 nitrogen and oxygen atoms in total. The molecule has 1 unspecified atom stereocenters. The predicted molar refractivity (Wildman–Crippen MR) is 75.8 cm³/mol. The van der Waals surface area contributed by atoms with E-state index in [1.807, 2.05) is 17.9 Å². The fourth-order valence-electron chi connectivity index (χ4n) is 2.39. The van der Waals surface area contributed by atoms with Gasteiger partial charge < -0.3 is 5.73 Å². The zero-order chi connectivity index (χ0) is 12.7. The molecule has 2 aromatic heterocycles. The van der Waals surface area contributed by atoms with Gasteiger partial charge in [-0.05, 0) is 34.9 Å². The lowest BCUT2D eigenvalue weighted by atomic mass is 10.0. The van der Waals surface area contributed by atoms with Gasteiger partial charge in [-0.25, -0.2) is 0 Å². The van der Waals surface area contributed by atoms with Crippen molar-refractivity contribution < 1.29 is 0 Å². The number of benzene rings is 1. The van der Waals surface area contributed by atoms with Gasteiger partial charge in [0.1, 0.15) is 0 Å². The molecular weight excluding hydrogens is 242 g/mol. The van der Waals surface area contributed by atoms with Gasteiger partial charge in [0.25, 0.3) is 0 Å². The van der Waals surface area contributed by atoms with E-state index in [-0.39, 0.29) is 6.04 Å². The van der Waals surface area contributed by atoms with Crippen LogP contribution in [0.5, 0.6) is 0 Å². The van der Waals surface area contributed by atoms with Crippen LogP contribution in [-0.2, 0) is 7.05 Å². The monoisotopic (exact) mass is 257 g/mol. The maximum absolute atomic E-state index is 6.42. The average molecular weight is 257 g/mol. The number of nitrogens with two attached hydrogens (primary N) is 1. The third-order valence-electron chi connectivity index (χ3n) is 3.32. The molecule has 1 aromatic carbocycles. The van der Waals surface area contributed by atoms with E-state index in [1.165, 1.54) is 15.6 Å². The van der Waals surface area contributed by atoms with Crippen LogP contribution >= 0.6 is 11.3 Å². The van der Waals surface area contributed by atoms with Crippen LogP contribution < -0.4 is 5.73 Å². The number of fused-ring (bicyclic) bond motifs is 1. The molecule has 4 heteroatoms. The van der Waals surface area contributed by atoms with Crippen molar-refractivity contribution in [2.75, 3.05) is 0 Å². The Labute approximate surface area is 110 Å². The molecule has 3 aromatic rings. The van der Waals surface area contributed by atoms with E-state index in [1.54, 1.807) is 11.3 Å². The van der Waals surface area contributed by atoms with Crippen LogP contribution in [0.1, 0.15) is 22.9 Å². The van der Waals surface area contributed by atoms with E-state index in [0.29, 0.717) is 0 Å². The molecule has 3 rings (SSSR count). The third-order valence-corrected chi connectivity index (χ3v) is 4.30. The number of hydrogen-bond donors (Lipinski definition) is 1. The molecule has 0 radical (unpaired) electrons. The first kappa shape index (κ1) is 11.4. The highest BCUT2D eigenvalue weighted by Gasteiger charge is 2.18. The zero-order valence-electron chi connectivity index (χ0n) is 10.4. The van der Waals surface area contributed by atoms with Crippen LogP contribution in [0.3, 0.4) is 0 Å². The standard InChI is InChI=1S/C14H15N3S/c1-9-7-16-17(2)14(9)13(15)11-8-18-12-6-4-3-5-10(11)12/h3-8,13H,15H2,1-2H3. The van der Waals surface area contributed by atoms with Gasteiger partial charge in [0.05, 0.1) is 17.9 Å². The molecule has 0 amide bonds. The highest BCUT2D eigenvalue weighted by molar-refractivity contribution is 7.17. The minimum atomic E-state index is -0.117. The Balaban J connectivity index is 2.15. The van der Waals surface area contributed by atoms with Crippen LogP contribution in [-0.4, -0.2) is 9.78 Å². The molecule has 0 bridgehead atoms. The molecule has 0 fully saturated rings. The molecule has 18 heavy (non-hydrogen) atoms. The van der Waals surface area contributed by atoms with E-state index in [0.717, 1.165) is 11.3 Å². The zero-order valence-corrected chi connectivity index (χ0v) is 11.2. The summed E-state index contributed by atoms with van der Waals surface area (Å²) in [6.45, 7) is 2.05. The summed E-state index contributed by atoms with van der Waals surface area (Å²) in [5.74, 6) is 0. The molecule has 2 heterocycles. The highest BCUT2D eigenvalue weighted by Crippen LogP contribution is 2.32. The lowest BCUT2D eigenvalue weighted by Crippen LogP contribution is -2.16. The Kier molecular flexibility index (Phi) is 2.69. The lowest BCUT2D eigenvalue weighted by Gasteiger charge is -2.13. The number of rotatable bonds is 2. The average Bonchev–Trinajstić information content (AvgIpc) is 2.93. The Morgan fingerprint density at radius 1 is 1.33 bits per heavy atom. The van der Waals surface area contributed by atoms with Gasteiger partial charge in [0.15, 0.2) is 0 Å². The van der Waals surface area contributed by atoms with Crippen LogP contribution in [0.4, 0.5) is 0 Å². The van der Waals surface area contributed by atoms with Gasteiger partial charge in [-0.3, -0.25) is 4.68 Å². The number of aryl methyl sites for hydroxylation is 2. The van der Waals surface area contributed by atoms with E-state index in [2.05, 4.69) is 41.7 Å². The molecule has 2 N–H and O–H groups in total. The molecule has 0 saturated carbocycles. The first-order valence-corrected chi connectivity index (χ1v) is 6.76. The fourth-order valence-corrected chi connectivity index (χ4v) is 3.39. The Bertz CT molecular complexity index is 676. The SMILES string of the molecule is Cc1cnn(C)c1C(N)c1csc2ccccc12. The molecule has 0 spiro atoms. The number of aromatic nitrogens is 2. The van der Waals surface area contributed by atoms with E-state index in [4.69, 9.17) is 5.73 Å². The number of thiophene rings is 1. The maximum Gasteiger partial charge on any atom is 0.0740 e. The van der Waals surface area contributed by atoms with Crippen molar-refractivity contribution in [2.45, 2.75) is 13.0 Å². The molecule has 0 saturated heterocycles. The highest BCUT2D eigenvalue weighted by atomic mass is 32.1. The summed E-state index contributed by atoms with van der Waals surface area (Å²) in [6, 6.07) is 8.26. The smallest absolute Gasteiger partial charge is 0.0740 e. The summed E-state index contributed by atoms with van der Waals surface area (Å²) in [6.07, 6.45) is 1.86. The van der Waals surface area contributed by atoms with Crippen molar-refractivity contribution in [1.82, 2.24) is 9.78 Å². The van der Waals surface area contributed by atoms with Crippen molar-refractivity contribution in [1.29, 1.82) is 0 Å². The normalized spacial score (nSPS) is 13.1. The maximum atomic E-state index is 6.42. The van der Waals surface area contributed by atoms with Gasteiger partial charge in [0, 0.05) is 11.7 Å². The number of nitrogens with zero attached hydrogens (tertiary/aromatic N) is 2. The second kappa shape index (κ2) is 4.23. The minimum absolute atomic E-state index is 0.117. The first-order chi connectivity index (χ1) is 8.68. The molecule has 0 aliphatic rings. The largest absolute Gasteiger partial charge is 0.319 e. The number of hydrogen-bond acceptors (Lipinski definition) is 3. The first-order valence-electron chi connectivity index (χ1n) is 5.88. The molecule has 92 valence electrons. The molecule has 1 atom stereocenters. The Morgan fingerprint density at radius 3 is 2.83 bits per heavy atom. The van der Waals surface area contributed by atoms with E-state index < -0.39 is 0 Å². The van der Waals surface area contributed by atoms with Crippen molar-refractivity contribution in [2.24, 2.45) is 12.8 Å². The van der Waals surface area contributed by atoms with Gasteiger partial charge in [-0.2, -0.15) is 5.10 Å². The topological polar surface area (TPSA) is 43.8 Å². The van der Waals surface area contributed by atoms with Crippen LogP contribution in [0, 0.1) is 6.92 Å². The summed E-state index contributed by atoms with van der Waals surface area (Å²) in [7, 11) is 1.94. The van der Waals surface area contributed by atoms with Crippen LogP contribution in [0.25, 0.3) is 10.1 Å². The summed E-state index contributed by atoms with van der Waals surface area (Å²) in [5.41, 5.74) is 9.82. The predicted octanol–water partition coefficient (Wildman–Crippen LogP) is 2.99. The summed E-state index contributed by atoms with van der Waals surface area (Å²) < 4.78 is 3.15. The van der Waals surface area contributed by atoms with Gasteiger partial charge in [-0.1, -0.05) is 18.2 Å². The Hall–Kier alpha value is -1.65. The van der Waals surface area contributed by atoms with Crippen molar-refractivity contribution in [3.63, 3.8) is 0 Å². The summed E-state index contributed by atoms with van der Waals surface area (Å²) in [4.78, 5) is 0. The van der Waals surface area contributed by atoms with Gasteiger partial charge >= 0.3 is 0 Å². The van der Waals surface area contributed by atoms with Crippen LogP contribution in [0.15, 0.2) is 35.8 Å². The van der Waals surface area contributed by atoms with Crippen molar-refractivity contribution in [3.8, 4) is 0 Å². The lowest BCUT2D eigenvalue weighted by molar-refractivity contribution is 0.673. The third kappa shape index (κ3) is 1.65. The quantitative estimate of drug-likeness (QED) is 0.767. The fraction of sp³-hybridized carbons (Fsp3) is 0.214.